The van der Waals surface area contributed by atoms with Crippen LogP contribution in [0.3, 0.4) is 0 Å². The Balaban J connectivity index is 1.70. The summed E-state index contributed by atoms with van der Waals surface area (Å²) in [6, 6.07) is 11.4. The molecule has 0 aliphatic carbocycles. The van der Waals surface area contributed by atoms with Crippen LogP contribution in [-0.2, 0) is 16.0 Å². The summed E-state index contributed by atoms with van der Waals surface area (Å²) in [4.78, 5) is 36.6. The molecule has 1 heterocycles. The van der Waals surface area contributed by atoms with Crippen molar-refractivity contribution in [3.63, 3.8) is 0 Å². The molecule has 134 valence electrons. The van der Waals surface area contributed by atoms with Gasteiger partial charge in [0.2, 0.25) is 0 Å². The molecular formula is C18H17N3O5. The number of hydrogen-bond acceptors (Lipinski definition) is 6. The largest absolute Gasteiger partial charge is 0.452 e. The zero-order chi connectivity index (χ0) is 18.7. The molecule has 1 aliphatic rings. The Morgan fingerprint density at radius 2 is 2.04 bits per heavy atom. The van der Waals surface area contributed by atoms with E-state index in [1.54, 1.807) is 11.9 Å². The number of carbonyl (C=O) groups is 2. The Labute approximate surface area is 149 Å². The summed E-state index contributed by atoms with van der Waals surface area (Å²) in [5.74, 6) is -1.13. The highest BCUT2D eigenvalue weighted by atomic mass is 16.6. The molecular weight excluding hydrogens is 338 g/mol. The molecule has 1 N–H and O–H groups in total. The number of nitro groups is 1. The predicted octanol–water partition coefficient (Wildman–Crippen LogP) is 2.38. The lowest BCUT2D eigenvalue weighted by Crippen LogP contribution is -2.33. The molecule has 0 bridgehead atoms. The van der Waals surface area contributed by atoms with Crippen LogP contribution in [-0.4, -0.2) is 37.0 Å². The maximum Gasteiger partial charge on any atom is 0.341 e. The fourth-order valence-electron chi connectivity index (χ4n) is 2.91. The third kappa shape index (κ3) is 3.34. The first-order chi connectivity index (χ1) is 12.5. The van der Waals surface area contributed by atoms with Crippen molar-refractivity contribution >= 4 is 28.9 Å². The van der Waals surface area contributed by atoms with Crippen LogP contribution in [0.25, 0.3) is 0 Å². The number of esters is 1. The van der Waals surface area contributed by atoms with Crippen LogP contribution in [0.4, 0.5) is 17.1 Å². The summed E-state index contributed by atoms with van der Waals surface area (Å²) in [5.41, 5.74) is 2.06. The number of nitro benzene ring substituents is 1. The number of para-hydroxylation sites is 1. The van der Waals surface area contributed by atoms with Crippen LogP contribution >= 0.6 is 0 Å². The smallest absolute Gasteiger partial charge is 0.341 e. The van der Waals surface area contributed by atoms with Crippen molar-refractivity contribution in [1.29, 1.82) is 0 Å². The van der Waals surface area contributed by atoms with E-state index in [1.807, 2.05) is 24.3 Å². The monoisotopic (exact) mass is 355 g/mol. The molecule has 0 radical (unpaired) electrons. The average Bonchev–Trinajstić information content (AvgIpc) is 3.09. The van der Waals surface area contributed by atoms with Crippen molar-refractivity contribution in [2.75, 3.05) is 30.4 Å². The number of nitrogens with one attached hydrogen (secondary N) is 1. The highest BCUT2D eigenvalue weighted by Gasteiger charge is 2.25. The van der Waals surface area contributed by atoms with Crippen LogP contribution in [0.1, 0.15) is 15.9 Å². The molecule has 0 aromatic heterocycles. The molecule has 0 spiro atoms. The first-order valence-corrected chi connectivity index (χ1v) is 8.03. The van der Waals surface area contributed by atoms with Gasteiger partial charge in [-0.3, -0.25) is 14.9 Å². The molecule has 8 nitrogen and oxygen atoms in total. The lowest BCUT2D eigenvalue weighted by Gasteiger charge is -2.17. The van der Waals surface area contributed by atoms with Gasteiger partial charge in [0.05, 0.1) is 10.5 Å². The Morgan fingerprint density at radius 1 is 1.27 bits per heavy atom. The first kappa shape index (κ1) is 17.4. The summed E-state index contributed by atoms with van der Waals surface area (Å²) in [6.07, 6.45) is 0.755. The third-order valence-corrected chi connectivity index (χ3v) is 4.22. The number of non-ortho nitro benzene ring substituents is 1. The fraction of sp³-hybridized carbons (Fsp3) is 0.222. The van der Waals surface area contributed by atoms with Gasteiger partial charge < -0.3 is 15.0 Å². The molecule has 3 rings (SSSR count). The van der Waals surface area contributed by atoms with Crippen molar-refractivity contribution in [2.24, 2.45) is 0 Å². The molecule has 0 saturated carbocycles. The second-order valence-corrected chi connectivity index (χ2v) is 5.74. The average molecular weight is 355 g/mol. The maximum atomic E-state index is 12.4. The molecule has 1 aliphatic heterocycles. The van der Waals surface area contributed by atoms with Crippen LogP contribution in [0, 0.1) is 10.1 Å². The standard InChI is InChI=1S/C18H17N3O5/c1-19-15-7-6-13(21(24)25)10-14(15)18(23)26-11-17(22)20-9-8-12-4-2-3-5-16(12)20/h2-7,10,19H,8-9,11H2,1H3. The van der Waals surface area contributed by atoms with Crippen LogP contribution in [0.2, 0.25) is 0 Å². The van der Waals surface area contributed by atoms with E-state index in [4.69, 9.17) is 4.74 Å². The minimum Gasteiger partial charge on any atom is -0.452 e. The molecule has 0 saturated heterocycles. The molecule has 1 amide bonds. The van der Waals surface area contributed by atoms with E-state index < -0.39 is 17.5 Å². The molecule has 0 unspecified atom stereocenters. The highest BCUT2D eigenvalue weighted by molar-refractivity contribution is 6.00. The summed E-state index contributed by atoms with van der Waals surface area (Å²) in [5, 5.41) is 13.7. The van der Waals surface area contributed by atoms with Crippen LogP contribution in [0.15, 0.2) is 42.5 Å². The Morgan fingerprint density at radius 3 is 2.77 bits per heavy atom. The number of carbonyl (C=O) groups excluding carboxylic acids is 2. The van der Waals surface area contributed by atoms with Gasteiger partial charge in [0.1, 0.15) is 0 Å². The van der Waals surface area contributed by atoms with Gasteiger partial charge in [0, 0.05) is 37.1 Å². The van der Waals surface area contributed by atoms with Gasteiger partial charge in [-0.2, -0.15) is 0 Å². The van der Waals surface area contributed by atoms with Gasteiger partial charge in [0.15, 0.2) is 6.61 Å². The molecule has 26 heavy (non-hydrogen) atoms. The fourth-order valence-corrected chi connectivity index (χ4v) is 2.91. The lowest BCUT2D eigenvalue weighted by atomic mass is 10.1. The van der Waals surface area contributed by atoms with Crippen molar-refractivity contribution < 1.29 is 19.2 Å². The molecule has 0 fully saturated rings. The summed E-state index contributed by atoms with van der Waals surface area (Å²) < 4.78 is 5.10. The molecule has 0 atom stereocenters. The van der Waals surface area contributed by atoms with Crippen molar-refractivity contribution in [3.05, 3.63) is 63.7 Å². The normalized spacial score (nSPS) is 12.4. The van der Waals surface area contributed by atoms with E-state index in [0.29, 0.717) is 12.2 Å². The van der Waals surface area contributed by atoms with Crippen LogP contribution < -0.4 is 10.2 Å². The number of anilines is 2. The topological polar surface area (TPSA) is 102 Å². The van der Waals surface area contributed by atoms with Gasteiger partial charge in [-0.1, -0.05) is 18.2 Å². The summed E-state index contributed by atoms with van der Waals surface area (Å²) in [7, 11) is 1.59. The number of nitrogens with zero attached hydrogens (tertiary/aromatic N) is 2. The number of hydrogen-bond donors (Lipinski definition) is 1. The number of ether oxygens (including phenoxy) is 1. The minimum atomic E-state index is -0.793. The predicted molar refractivity (Wildman–Crippen MR) is 95.4 cm³/mol. The zero-order valence-electron chi connectivity index (χ0n) is 14.1. The summed E-state index contributed by atoms with van der Waals surface area (Å²) >= 11 is 0. The van der Waals surface area contributed by atoms with Gasteiger partial charge in [-0.25, -0.2) is 4.79 Å². The van der Waals surface area contributed by atoms with Crippen LogP contribution in [0.5, 0.6) is 0 Å². The first-order valence-electron chi connectivity index (χ1n) is 8.03. The van der Waals surface area contributed by atoms with Gasteiger partial charge in [-0.15, -0.1) is 0 Å². The number of fused-ring (bicyclic) bond motifs is 1. The molecule has 8 heteroatoms. The second-order valence-electron chi connectivity index (χ2n) is 5.74. The Bertz CT molecular complexity index is 881. The maximum absolute atomic E-state index is 12.4. The van der Waals surface area contributed by atoms with E-state index in [0.717, 1.165) is 23.7 Å². The zero-order valence-corrected chi connectivity index (χ0v) is 14.1. The second kappa shape index (κ2) is 7.22. The van der Waals surface area contributed by atoms with Crippen molar-refractivity contribution in [3.8, 4) is 0 Å². The quantitative estimate of drug-likeness (QED) is 0.502. The van der Waals surface area contributed by atoms with Crippen molar-refractivity contribution in [2.45, 2.75) is 6.42 Å². The van der Waals surface area contributed by atoms with Crippen molar-refractivity contribution in [1.82, 2.24) is 0 Å². The van der Waals surface area contributed by atoms with E-state index in [2.05, 4.69) is 5.32 Å². The number of benzene rings is 2. The minimum absolute atomic E-state index is 0.0105. The van der Waals surface area contributed by atoms with Gasteiger partial charge >= 0.3 is 5.97 Å². The number of rotatable bonds is 5. The van der Waals surface area contributed by atoms with Gasteiger partial charge in [-0.05, 0) is 24.1 Å². The van der Waals surface area contributed by atoms with Gasteiger partial charge in [0.25, 0.3) is 11.6 Å². The van der Waals surface area contributed by atoms with E-state index in [9.17, 15) is 19.7 Å². The Hall–Kier alpha value is -3.42. The van der Waals surface area contributed by atoms with E-state index in [1.165, 1.54) is 12.1 Å². The Kier molecular flexibility index (Phi) is 4.83. The highest BCUT2D eigenvalue weighted by Crippen LogP contribution is 2.27. The summed E-state index contributed by atoms with van der Waals surface area (Å²) in [6.45, 7) is 0.104. The SMILES string of the molecule is CNc1ccc([N+](=O)[O-])cc1C(=O)OCC(=O)N1CCc2ccccc21. The molecule has 2 aromatic carbocycles. The van der Waals surface area contributed by atoms with E-state index in [-0.39, 0.29) is 17.2 Å². The number of amides is 1. The third-order valence-electron chi connectivity index (χ3n) is 4.22. The van der Waals surface area contributed by atoms with E-state index >= 15 is 0 Å². The lowest BCUT2D eigenvalue weighted by molar-refractivity contribution is -0.384. The molecule has 2 aromatic rings.